The number of rotatable bonds is 7. The Morgan fingerprint density at radius 2 is 2.08 bits per heavy atom. The summed E-state index contributed by atoms with van der Waals surface area (Å²) >= 11 is 0. The number of benzene rings is 1. The van der Waals surface area contributed by atoms with Crippen LogP contribution in [-0.4, -0.2) is 47.8 Å². The van der Waals surface area contributed by atoms with Crippen molar-refractivity contribution in [3.63, 3.8) is 0 Å². The average Bonchev–Trinajstić information content (AvgIpc) is 3.04. The van der Waals surface area contributed by atoms with Gasteiger partial charge in [-0.05, 0) is 18.1 Å². The van der Waals surface area contributed by atoms with E-state index in [1.165, 1.54) is 5.56 Å². The maximum absolute atomic E-state index is 5.77. The van der Waals surface area contributed by atoms with E-state index in [0.29, 0.717) is 32.3 Å². The third kappa shape index (κ3) is 4.58. The Bertz CT molecular complexity index is 678. The van der Waals surface area contributed by atoms with Gasteiger partial charge in [-0.25, -0.2) is 9.67 Å². The highest BCUT2D eigenvalue weighted by Gasteiger charge is 2.20. The van der Waals surface area contributed by atoms with Crippen molar-refractivity contribution in [2.75, 3.05) is 26.9 Å². The fourth-order valence-electron chi connectivity index (χ4n) is 2.96. The third-order valence-corrected chi connectivity index (χ3v) is 4.35. The molecule has 0 spiro atoms. The molecule has 0 aliphatic carbocycles. The second-order valence-electron chi connectivity index (χ2n) is 6.60. The lowest BCUT2D eigenvalue weighted by Gasteiger charge is -2.23. The van der Waals surface area contributed by atoms with E-state index in [-0.39, 0.29) is 6.10 Å². The van der Waals surface area contributed by atoms with Crippen LogP contribution >= 0.6 is 0 Å². The summed E-state index contributed by atoms with van der Waals surface area (Å²) in [4.78, 5) is 4.76. The Balaban J connectivity index is 1.74. The van der Waals surface area contributed by atoms with Gasteiger partial charge in [0, 0.05) is 12.3 Å². The first-order chi connectivity index (χ1) is 12.2. The van der Waals surface area contributed by atoms with Gasteiger partial charge in [-0.1, -0.05) is 32.0 Å². The predicted molar refractivity (Wildman–Crippen MR) is 95.1 cm³/mol. The SMILES string of the molecule is COc1ccccc1CCc1nc(C(C)C)nn1C[C@H]1COCCO1. The normalized spacial score (nSPS) is 17.8. The fourth-order valence-corrected chi connectivity index (χ4v) is 2.96. The molecule has 25 heavy (non-hydrogen) atoms. The molecule has 1 aromatic heterocycles. The van der Waals surface area contributed by atoms with Crippen molar-refractivity contribution in [1.82, 2.24) is 14.8 Å². The Hall–Kier alpha value is -1.92. The Morgan fingerprint density at radius 3 is 2.80 bits per heavy atom. The number of aryl methyl sites for hydroxylation is 2. The molecule has 0 saturated carbocycles. The maximum atomic E-state index is 5.77. The molecule has 6 heteroatoms. The van der Waals surface area contributed by atoms with E-state index in [0.717, 1.165) is 30.2 Å². The van der Waals surface area contributed by atoms with Crippen molar-refractivity contribution >= 4 is 0 Å². The first kappa shape index (κ1) is 17.9. The van der Waals surface area contributed by atoms with Crippen LogP contribution in [0.15, 0.2) is 24.3 Å². The lowest BCUT2D eigenvalue weighted by Crippen LogP contribution is -2.33. The molecule has 3 rings (SSSR count). The summed E-state index contributed by atoms with van der Waals surface area (Å²) < 4.78 is 18.7. The van der Waals surface area contributed by atoms with Crippen molar-refractivity contribution in [2.45, 2.75) is 45.3 Å². The molecule has 1 aliphatic rings. The van der Waals surface area contributed by atoms with E-state index in [2.05, 4.69) is 19.9 Å². The van der Waals surface area contributed by atoms with Gasteiger partial charge in [0.1, 0.15) is 17.7 Å². The number of nitrogens with zero attached hydrogens (tertiary/aromatic N) is 3. The molecule has 1 aliphatic heterocycles. The van der Waals surface area contributed by atoms with Crippen LogP contribution in [0, 0.1) is 0 Å². The number of hydrogen-bond acceptors (Lipinski definition) is 5. The van der Waals surface area contributed by atoms with Gasteiger partial charge in [0.2, 0.25) is 0 Å². The second-order valence-corrected chi connectivity index (χ2v) is 6.60. The smallest absolute Gasteiger partial charge is 0.153 e. The van der Waals surface area contributed by atoms with Crippen LogP contribution in [0.2, 0.25) is 0 Å². The van der Waals surface area contributed by atoms with Crippen molar-refractivity contribution < 1.29 is 14.2 Å². The van der Waals surface area contributed by atoms with Gasteiger partial charge in [-0.2, -0.15) is 5.10 Å². The minimum Gasteiger partial charge on any atom is -0.496 e. The maximum Gasteiger partial charge on any atom is 0.153 e. The minimum atomic E-state index is 0.0421. The summed E-state index contributed by atoms with van der Waals surface area (Å²) in [6.45, 7) is 6.84. The largest absolute Gasteiger partial charge is 0.496 e. The van der Waals surface area contributed by atoms with Crippen LogP contribution in [0.3, 0.4) is 0 Å². The summed E-state index contributed by atoms with van der Waals surface area (Å²) in [6, 6.07) is 8.12. The highest BCUT2D eigenvalue weighted by molar-refractivity contribution is 5.33. The van der Waals surface area contributed by atoms with Gasteiger partial charge in [-0.3, -0.25) is 0 Å². The molecule has 0 radical (unpaired) electrons. The Kier molecular flexibility index (Phi) is 6.04. The van der Waals surface area contributed by atoms with E-state index in [4.69, 9.17) is 24.3 Å². The van der Waals surface area contributed by atoms with Gasteiger partial charge < -0.3 is 14.2 Å². The Morgan fingerprint density at radius 1 is 1.24 bits per heavy atom. The van der Waals surface area contributed by atoms with Crippen LogP contribution in [-0.2, 0) is 28.9 Å². The number of ether oxygens (including phenoxy) is 3. The van der Waals surface area contributed by atoms with Crippen LogP contribution < -0.4 is 4.74 Å². The molecule has 0 unspecified atom stereocenters. The van der Waals surface area contributed by atoms with E-state index >= 15 is 0 Å². The standard InChI is InChI=1S/C19H27N3O3/c1-14(2)19-20-18(9-8-15-6-4-5-7-17(15)23-3)22(21-19)12-16-13-24-10-11-25-16/h4-7,14,16H,8-13H2,1-3H3/t16-/m0/s1. The van der Waals surface area contributed by atoms with Gasteiger partial charge in [0.15, 0.2) is 5.82 Å². The number of hydrogen-bond donors (Lipinski definition) is 0. The highest BCUT2D eigenvalue weighted by atomic mass is 16.6. The van der Waals surface area contributed by atoms with Gasteiger partial charge in [-0.15, -0.1) is 0 Å². The molecule has 2 heterocycles. The average molecular weight is 345 g/mol. The van der Waals surface area contributed by atoms with Crippen LogP contribution in [0.5, 0.6) is 5.75 Å². The summed E-state index contributed by atoms with van der Waals surface area (Å²) in [5.41, 5.74) is 1.18. The quantitative estimate of drug-likeness (QED) is 0.772. The molecule has 1 fully saturated rings. The number of para-hydroxylation sites is 1. The zero-order chi connectivity index (χ0) is 17.6. The van der Waals surface area contributed by atoms with Crippen molar-refractivity contribution in [3.05, 3.63) is 41.5 Å². The number of methoxy groups -OCH3 is 1. The van der Waals surface area contributed by atoms with Gasteiger partial charge in [0.25, 0.3) is 0 Å². The summed E-state index contributed by atoms with van der Waals surface area (Å²) in [5, 5.41) is 4.70. The minimum absolute atomic E-state index is 0.0421. The molecule has 1 atom stereocenters. The van der Waals surface area contributed by atoms with E-state index in [1.54, 1.807) is 7.11 Å². The molecule has 0 bridgehead atoms. The molecule has 136 valence electrons. The van der Waals surface area contributed by atoms with E-state index in [9.17, 15) is 0 Å². The van der Waals surface area contributed by atoms with Crippen molar-refractivity contribution in [3.8, 4) is 5.75 Å². The first-order valence-corrected chi connectivity index (χ1v) is 8.92. The van der Waals surface area contributed by atoms with Crippen LogP contribution in [0.1, 0.15) is 37.0 Å². The summed E-state index contributed by atoms with van der Waals surface area (Å²) in [5.74, 6) is 3.09. The van der Waals surface area contributed by atoms with Crippen LogP contribution in [0.25, 0.3) is 0 Å². The van der Waals surface area contributed by atoms with E-state index in [1.807, 2.05) is 22.9 Å². The highest BCUT2D eigenvalue weighted by Crippen LogP contribution is 2.20. The second kappa shape index (κ2) is 8.45. The topological polar surface area (TPSA) is 58.4 Å². The molecule has 1 saturated heterocycles. The first-order valence-electron chi connectivity index (χ1n) is 8.92. The predicted octanol–water partition coefficient (Wildman–Crippen LogP) is 2.61. The zero-order valence-electron chi connectivity index (χ0n) is 15.3. The molecule has 0 amide bonds. The van der Waals surface area contributed by atoms with Gasteiger partial charge in [0.05, 0.1) is 33.5 Å². The van der Waals surface area contributed by atoms with Crippen LogP contribution in [0.4, 0.5) is 0 Å². The van der Waals surface area contributed by atoms with Gasteiger partial charge >= 0.3 is 0 Å². The van der Waals surface area contributed by atoms with E-state index < -0.39 is 0 Å². The van der Waals surface area contributed by atoms with Crippen molar-refractivity contribution in [2.24, 2.45) is 0 Å². The molecule has 1 aromatic carbocycles. The summed E-state index contributed by atoms with van der Waals surface area (Å²) in [6.07, 6.45) is 1.72. The molecular weight excluding hydrogens is 318 g/mol. The fraction of sp³-hybridized carbons (Fsp3) is 0.579. The van der Waals surface area contributed by atoms with Crippen molar-refractivity contribution in [1.29, 1.82) is 0 Å². The lowest BCUT2D eigenvalue weighted by molar-refractivity contribution is -0.0949. The molecule has 0 N–H and O–H groups in total. The number of aromatic nitrogens is 3. The zero-order valence-corrected chi connectivity index (χ0v) is 15.3. The third-order valence-electron chi connectivity index (χ3n) is 4.35. The molecular formula is C19H27N3O3. The molecule has 6 nitrogen and oxygen atoms in total. The Labute approximate surface area is 149 Å². The monoisotopic (exact) mass is 345 g/mol. The lowest BCUT2D eigenvalue weighted by atomic mass is 10.1. The molecule has 2 aromatic rings. The summed E-state index contributed by atoms with van der Waals surface area (Å²) in [7, 11) is 1.71.